The highest BCUT2D eigenvalue weighted by Crippen LogP contribution is 2.13. The van der Waals surface area contributed by atoms with Crippen molar-refractivity contribution in [1.29, 1.82) is 0 Å². The summed E-state index contributed by atoms with van der Waals surface area (Å²) in [6.07, 6.45) is 0.476. The Labute approximate surface area is 120 Å². The highest BCUT2D eigenvalue weighted by Gasteiger charge is 2.07. The van der Waals surface area contributed by atoms with Crippen LogP contribution in [-0.2, 0) is 4.79 Å². The van der Waals surface area contributed by atoms with Crippen molar-refractivity contribution < 1.29 is 4.79 Å². The zero-order chi connectivity index (χ0) is 14.3. The summed E-state index contributed by atoms with van der Waals surface area (Å²) in [6, 6.07) is 7.12. The van der Waals surface area contributed by atoms with Crippen molar-refractivity contribution in [2.24, 2.45) is 0 Å². The molecule has 1 amide bonds. The molecule has 104 valence electrons. The first-order chi connectivity index (χ1) is 9.01. The maximum Gasteiger partial charge on any atom is 0.225 e. The molecule has 0 aliphatic rings. The third-order valence-corrected chi connectivity index (χ3v) is 2.98. The van der Waals surface area contributed by atoms with Crippen LogP contribution in [0.2, 0.25) is 5.02 Å². The third-order valence-electron chi connectivity index (χ3n) is 2.72. The predicted octanol–water partition coefficient (Wildman–Crippen LogP) is 3.57. The predicted molar refractivity (Wildman–Crippen MR) is 81.6 cm³/mol. The molecule has 0 bridgehead atoms. The second kappa shape index (κ2) is 7.97. The summed E-state index contributed by atoms with van der Waals surface area (Å²) in [5, 5.41) is 3.52. The fourth-order valence-electron chi connectivity index (χ4n) is 1.75. The van der Waals surface area contributed by atoms with Crippen LogP contribution in [0.25, 0.3) is 0 Å². The Morgan fingerprint density at radius 2 is 2.00 bits per heavy atom. The lowest BCUT2D eigenvalue weighted by molar-refractivity contribution is -0.116. The van der Waals surface area contributed by atoms with E-state index in [1.54, 1.807) is 24.3 Å². The molecule has 0 radical (unpaired) electrons. The van der Waals surface area contributed by atoms with Gasteiger partial charge in [0.1, 0.15) is 0 Å². The molecule has 0 fully saturated rings. The molecule has 1 aromatic carbocycles. The van der Waals surface area contributed by atoms with Gasteiger partial charge < -0.3 is 5.32 Å². The van der Waals surface area contributed by atoms with Gasteiger partial charge in [0, 0.05) is 30.2 Å². The van der Waals surface area contributed by atoms with E-state index in [1.165, 1.54) is 0 Å². The maximum atomic E-state index is 11.8. The minimum Gasteiger partial charge on any atom is -0.326 e. The Bertz CT molecular complexity index is 428. The van der Waals surface area contributed by atoms with E-state index in [1.807, 2.05) is 6.92 Å². The molecule has 0 spiro atoms. The minimum atomic E-state index is 0.0162. The second-order valence-corrected chi connectivity index (χ2v) is 5.07. The van der Waals surface area contributed by atoms with Crippen LogP contribution in [0, 0.1) is 0 Å². The lowest BCUT2D eigenvalue weighted by Crippen LogP contribution is -2.29. The summed E-state index contributed by atoms with van der Waals surface area (Å²) in [6.45, 7) is 10.5. The molecule has 0 unspecified atom stereocenters. The number of halogens is 1. The van der Waals surface area contributed by atoms with E-state index < -0.39 is 0 Å². The van der Waals surface area contributed by atoms with E-state index >= 15 is 0 Å². The summed E-state index contributed by atoms with van der Waals surface area (Å²) in [5.74, 6) is 0.0162. The van der Waals surface area contributed by atoms with Crippen molar-refractivity contribution in [1.82, 2.24) is 4.90 Å². The number of hydrogen-bond donors (Lipinski definition) is 1. The molecule has 1 aromatic rings. The molecule has 1 N–H and O–H groups in total. The minimum absolute atomic E-state index is 0.0162. The number of nitrogens with one attached hydrogen (secondary N) is 1. The average molecular weight is 281 g/mol. The number of anilines is 1. The van der Waals surface area contributed by atoms with Crippen LogP contribution in [0.3, 0.4) is 0 Å². The first-order valence-corrected chi connectivity index (χ1v) is 6.81. The number of carbonyl (C=O) groups is 1. The van der Waals surface area contributed by atoms with E-state index in [-0.39, 0.29) is 5.91 Å². The number of rotatable bonds is 7. The maximum absolute atomic E-state index is 11.8. The highest BCUT2D eigenvalue weighted by atomic mass is 35.5. The number of benzene rings is 1. The molecule has 19 heavy (non-hydrogen) atoms. The number of likely N-dealkylation sites (N-methyl/N-ethyl adjacent to an activating group) is 1. The van der Waals surface area contributed by atoms with E-state index in [2.05, 4.69) is 23.7 Å². The van der Waals surface area contributed by atoms with Crippen molar-refractivity contribution in [3.63, 3.8) is 0 Å². The smallest absolute Gasteiger partial charge is 0.225 e. The SMILES string of the molecule is C=C(C)CN(CC)CCC(=O)Nc1ccc(Cl)cc1. The fraction of sp³-hybridized carbons (Fsp3) is 0.400. The van der Waals surface area contributed by atoms with Crippen LogP contribution >= 0.6 is 11.6 Å². The van der Waals surface area contributed by atoms with Gasteiger partial charge in [-0.3, -0.25) is 9.69 Å². The van der Waals surface area contributed by atoms with Crippen molar-refractivity contribution in [2.75, 3.05) is 25.0 Å². The molecule has 3 nitrogen and oxygen atoms in total. The van der Waals surface area contributed by atoms with Gasteiger partial charge >= 0.3 is 0 Å². The molecule has 0 saturated carbocycles. The molecular formula is C15H21ClN2O. The summed E-state index contributed by atoms with van der Waals surface area (Å²) < 4.78 is 0. The standard InChI is InChI=1S/C15H21ClN2O/c1-4-18(11-12(2)3)10-9-15(19)17-14-7-5-13(16)6-8-14/h5-8H,2,4,9-11H2,1,3H3,(H,17,19). The highest BCUT2D eigenvalue weighted by molar-refractivity contribution is 6.30. The third kappa shape index (κ3) is 6.41. The van der Waals surface area contributed by atoms with Gasteiger partial charge in [0.2, 0.25) is 5.91 Å². The molecule has 0 aromatic heterocycles. The van der Waals surface area contributed by atoms with Crippen molar-refractivity contribution in [3.05, 3.63) is 41.4 Å². The van der Waals surface area contributed by atoms with E-state index in [0.29, 0.717) is 11.4 Å². The average Bonchev–Trinajstić information content (AvgIpc) is 2.37. The van der Waals surface area contributed by atoms with Gasteiger partial charge in [0.05, 0.1) is 0 Å². The lowest BCUT2D eigenvalue weighted by Gasteiger charge is -2.19. The zero-order valence-electron chi connectivity index (χ0n) is 11.6. The van der Waals surface area contributed by atoms with Crippen LogP contribution in [0.15, 0.2) is 36.4 Å². The topological polar surface area (TPSA) is 32.3 Å². The van der Waals surface area contributed by atoms with Crippen molar-refractivity contribution in [2.45, 2.75) is 20.3 Å². The van der Waals surface area contributed by atoms with Crippen LogP contribution in [-0.4, -0.2) is 30.4 Å². The van der Waals surface area contributed by atoms with E-state index in [9.17, 15) is 4.79 Å². The molecule has 4 heteroatoms. The second-order valence-electron chi connectivity index (χ2n) is 4.63. The first kappa shape index (κ1) is 15.7. The summed E-state index contributed by atoms with van der Waals surface area (Å²) >= 11 is 5.79. The van der Waals surface area contributed by atoms with Gasteiger partial charge in [-0.2, -0.15) is 0 Å². The van der Waals surface area contributed by atoms with Gasteiger partial charge in [-0.1, -0.05) is 30.7 Å². The van der Waals surface area contributed by atoms with Gasteiger partial charge in [-0.05, 0) is 37.7 Å². The molecule has 1 rings (SSSR count). The van der Waals surface area contributed by atoms with E-state index in [0.717, 1.165) is 30.9 Å². The summed E-state index contributed by atoms with van der Waals surface area (Å²) in [5.41, 5.74) is 1.89. The Morgan fingerprint density at radius 1 is 1.37 bits per heavy atom. The summed E-state index contributed by atoms with van der Waals surface area (Å²) in [4.78, 5) is 14.0. The van der Waals surface area contributed by atoms with Crippen LogP contribution in [0.4, 0.5) is 5.69 Å². The molecule has 0 aliphatic carbocycles. The fourth-order valence-corrected chi connectivity index (χ4v) is 1.87. The largest absolute Gasteiger partial charge is 0.326 e. The Kier molecular flexibility index (Phi) is 6.60. The number of amides is 1. The lowest BCUT2D eigenvalue weighted by atomic mass is 10.2. The monoisotopic (exact) mass is 280 g/mol. The van der Waals surface area contributed by atoms with Gasteiger partial charge in [0.25, 0.3) is 0 Å². The molecule has 0 saturated heterocycles. The molecule has 0 heterocycles. The van der Waals surface area contributed by atoms with Gasteiger partial charge in [-0.25, -0.2) is 0 Å². The Hall–Kier alpha value is -1.32. The Morgan fingerprint density at radius 3 is 2.53 bits per heavy atom. The van der Waals surface area contributed by atoms with Gasteiger partial charge in [-0.15, -0.1) is 0 Å². The van der Waals surface area contributed by atoms with Crippen LogP contribution < -0.4 is 5.32 Å². The zero-order valence-corrected chi connectivity index (χ0v) is 12.3. The van der Waals surface area contributed by atoms with Crippen molar-refractivity contribution >= 4 is 23.2 Å². The quantitative estimate of drug-likeness (QED) is 0.775. The molecule has 0 aliphatic heterocycles. The molecule has 0 atom stereocenters. The Balaban J connectivity index is 2.38. The number of carbonyl (C=O) groups excluding carboxylic acids is 1. The van der Waals surface area contributed by atoms with Gasteiger partial charge in [0.15, 0.2) is 0 Å². The number of hydrogen-bond acceptors (Lipinski definition) is 2. The van der Waals surface area contributed by atoms with Crippen LogP contribution in [0.5, 0.6) is 0 Å². The molecular weight excluding hydrogens is 260 g/mol. The van der Waals surface area contributed by atoms with E-state index in [4.69, 9.17) is 11.6 Å². The normalized spacial score (nSPS) is 10.5. The number of nitrogens with zero attached hydrogens (tertiary/aromatic N) is 1. The van der Waals surface area contributed by atoms with Crippen LogP contribution in [0.1, 0.15) is 20.3 Å². The first-order valence-electron chi connectivity index (χ1n) is 6.43. The summed E-state index contributed by atoms with van der Waals surface area (Å²) in [7, 11) is 0. The van der Waals surface area contributed by atoms with Crippen molar-refractivity contribution in [3.8, 4) is 0 Å².